The fourth-order valence-corrected chi connectivity index (χ4v) is 2.98. The highest BCUT2D eigenvalue weighted by Gasteiger charge is 2.26. The van der Waals surface area contributed by atoms with Crippen LogP contribution < -0.4 is 9.64 Å². The van der Waals surface area contributed by atoms with E-state index in [4.69, 9.17) is 4.74 Å². The van der Waals surface area contributed by atoms with Gasteiger partial charge in [-0.2, -0.15) is 0 Å². The Labute approximate surface area is 145 Å². The highest BCUT2D eigenvalue weighted by atomic mass is 16.6. The summed E-state index contributed by atoms with van der Waals surface area (Å²) in [4.78, 5) is 27.2. The van der Waals surface area contributed by atoms with Crippen LogP contribution in [0.3, 0.4) is 0 Å². The zero-order chi connectivity index (χ0) is 17.8. The first-order chi connectivity index (χ1) is 12.1. The first-order valence-corrected chi connectivity index (χ1v) is 8.02. The zero-order valence-electron chi connectivity index (χ0n) is 13.9. The molecule has 0 aromatic heterocycles. The van der Waals surface area contributed by atoms with E-state index in [2.05, 4.69) is 0 Å². The van der Waals surface area contributed by atoms with Crippen molar-refractivity contribution in [2.24, 2.45) is 0 Å². The summed E-state index contributed by atoms with van der Waals surface area (Å²) >= 11 is 0. The lowest BCUT2D eigenvalue weighted by Crippen LogP contribution is -2.48. The van der Waals surface area contributed by atoms with Crippen molar-refractivity contribution < 1.29 is 14.5 Å². The Kier molecular flexibility index (Phi) is 4.83. The molecule has 7 nitrogen and oxygen atoms in total. The lowest BCUT2D eigenvalue weighted by molar-refractivity contribution is -0.384. The average molecular weight is 341 g/mol. The zero-order valence-corrected chi connectivity index (χ0v) is 13.9. The second-order valence-electron chi connectivity index (χ2n) is 5.76. The molecule has 0 N–H and O–H groups in total. The molecular formula is C18H19N3O4. The Morgan fingerprint density at radius 3 is 2.48 bits per heavy atom. The summed E-state index contributed by atoms with van der Waals surface area (Å²) in [6.45, 7) is 2.14. The Bertz CT molecular complexity index is 785. The van der Waals surface area contributed by atoms with Gasteiger partial charge in [-0.3, -0.25) is 14.9 Å². The van der Waals surface area contributed by atoms with Gasteiger partial charge in [-0.15, -0.1) is 0 Å². The normalized spacial score (nSPS) is 14.3. The van der Waals surface area contributed by atoms with E-state index in [1.807, 2.05) is 4.90 Å². The summed E-state index contributed by atoms with van der Waals surface area (Å²) in [5.74, 6) is 0.588. The SMILES string of the molecule is COc1cccc(C(=O)N2CCN(c3ccccc3[N+](=O)[O-])CC2)c1. The van der Waals surface area contributed by atoms with Gasteiger partial charge in [0.2, 0.25) is 0 Å². The summed E-state index contributed by atoms with van der Waals surface area (Å²) in [6.07, 6.45) is 0. The van der Waals surface area contributed by atoms with Gasteiger partial charge >= 0.3 is 0 Å². The Morgan fingerprint density at radius 2 is 1.80 bits per heavy atom. The van der Waals surface area contributed by atoms with Crippen LogP contribution in [-0.2, 0) is 0 Å². The topological polar surface area (TPSA) is 75.9 Å². The van der Waals surface area contributed by atoms with E-state index in [9.17, 15) is 14.9 Å². The van der Waals surface area contributed by atoms with Crippen LogP contribution in [-0.4, -0.2) is 49.0 Å². The van der Waals surface area contributed by atoms with Crippen molar-refractivity contribution in [3.8, 4) is 5.75 Å². The van der Waals surface area contributed by atoms with Crippen LogP contribution in [0.1, 0.15) is 10.4 Å². The smallest absolute Gasteiger partial charge is 0.292 e. The molecule has 1 aliphatic heterocycles. The van der Waals surface area contributed by atoms with Crippen LogP contribution >= 0.6 is 0 Å². The van der Waals surface area contributed by atoms with Crippen molar-refractivity contribution in [2.45, 2.75) is 0 Å². The first kappa shape index (κ1) is 16.8. The molecule has 1 fully saturated rings. The molecule has 25 heavy (non-hydrogen) atoms. The molecule has 1 heterocycles. The molecule has 1 aliphatic rings. The van der Waals surface area contributed by atoms with Gasteiger partial charge in [-0.25, -0.2) is 0 Å². The van der Waals surface area contributed by atoms with E-state index in [-0.39, 0.29) is 16.5 Å². The molecule has 0 spiro atoms. The number of piperazine rings is 1. The molecule has 0 aliphatic carbocycles. The predicted octanol–water partition coefficient (Wildman–Crippen LogP) is 2.57. The number of ether oxygens (including phenoxy) is 1. The van der Waals surface area contributed by atoms with Gasteiger partial charge < -0.3 is 14.5 Å². The second-order valence-corrected chi connectivity index (χ2v) is 5.76. The van der Waals surface area contributed by atoms with Crippen molar-refractivity contribution >= 4 is 17.3 Å². The largest absolute Gasteiger partial charge is 0.497 e. The van der Waals surface area contributed by atoms with Gasteiger partial charge in [0.25, 0.3) is 11.6 Å². The molecule has 1 amide bonds. The predicted molar refractivity (Wildman–Crippen MR) is 94.2 cm³/mol. The Hall–Kier alpha value is -3.09. The summed E-state index contributed by atoms with van der Waals surface area (Å²) in [6, 6.07) is 13.8. The van der Waals surface area contributed by atoms with E-state index in [0.717, 1.165) is 0 Å². The van der Waals surface area contributed by atoms with Crippen LogP contribution in [0.4, 0.5) is 11.4 Å². The van der Waals surface area contributed by atoms with Crippen LogP contribution in [0, 0.1) is 10.1 Å². The number of hydrogen-bond donors (Lipinski definition) is 0. The number of nitro benzene ring substituents is 1. The van der Waals surface area contributed by atoms with Crippen molar-refractivity contribution in [3.63, 3.8) is 0 Å². The van der Waals surface area contributed by atoms with E-state index in [0.29, 0.717) is 43.2 Å². The minimum absolute atomic E-state index is 0.0545. The molecule has 0 unspecified atom stereocenters. The number of nitrogens with zero attached hydrogens (tertiary/aromatic N) is 3. The fraction of sp³-hybridized carbons (Fsp3) is 0.278. The van der Waals surface area contributed by atoms with E-state index >= 15 is 0 Å². The van der Waals surface area contributed by atoms with Gasteiger partial charge in [-0.1, -0.05) is 18.2 Å². The number of para-hydroxylation sites is 2. The summed E-state index contributed by atoms with van der Waals surface area (Å²) in [7, 11) is 1.56. The maximum atomic E-state index is 12.6. The molecule has 130 valence electrons. The van der Waals surface area contributed by atoms with Gasteiger partial charge in [0.1, 0.15) is 11.4 Å². The summed E-state index contributed by atoms with van der Waals surface area (Å²) in [5.41, 5.74) is 1.27. The van der Waals surface area contributed by atoms with Crippen LogP contribution in [0.25, 0.3) is 0 Å². The first-order valence-electron chi connectivity index (χ1n) is 8.02. The molecule has 0 atom stereocenters. The Morgan fingerprint density at radius 1 is 1.08 bits per heavy atom. The minimum Gasteiger partial charge on any atom is -0.497 e. The lowest BCUT2D eigenvalue weighted by Gasteiger charge is -2.35. The van der Waals surface area contributed by atoms with Crippen LogP contribution in [0.5, 0.6) is 5.75 Å². The molecule has 7 heteroatoms. The van der Waals surface area contributed by atoms with E-state index < -0.39 is 0 Å². The number of hydrogen-bond acceptors (Lipinski definition) is 5. The van der Waals surface area contributed by atoms with Crippen molar-refractivity contribution in [3.05, 3.63) is 64.2 Å². The molecule has 2 aromatic carbocycles. The van der Waals surface area contributed by atoms with E-state index in [1.54, 1.807) is 54.5 Å². The standard InChI is InChI=1S/C18H19N3O4/c1-25-15-6-4-5-14(13-15)18(22)20-11-9-19(10-12-20)16-7-2-3-8-17(16)21(23)24/h2-8,13H,9-12H2,1H3. The molecule has 3 rings (SSSR count). The molecular weight excluding hydrogens is 322 g/mol. The van der Waals surface area contributed by atoms with Gasteiger partial charge in [0.05, 0.1) is 12.0 Å². The van der Waals surface area contributed by atoms with Gasteiger partial charge in [-0.05, 0) is 24.3 Å². The number of benzene rings is 2. The van der Waals surface area contributed by atoms with Crippen LogP contribution in [0.15, 0.2) is 48.5 Å². The highest BCUT2D eigenvalue weighted by Crippen LogP contribution is 2.28. The third-order valence-corrected chi connectivity index (χ3v) is 4.30. The van der Waals surface area contributed by atoms with Crippen LogP contribution in [0.2, 0.25) is 0 Å². The van der Waals surface area contributed by atoms with Crippen molar-refractivity contribution in [1.82, 2.24) is 4.90 Å². The molecule has 0 radical (unpaired) electrons. The molecule has 0 bridgehead atoms. The third kappa shape index (κ3) is 3.55. The number of nitro groups is 1. The van der Waals surface area contributed by atoms with E-state index in [1.165, 1.54) is 6.07 Å². The average Bonchev–Trinajstić information content (AvgIpc) is 2.67. The van der Waals surface area contributed by atoms with Gasteiger partial charge in [0, 0.05) is 37.8 Å². The highest BCUT2D eigenvalue weighted by molar-refractivity contribution is 5.94. The summed E-state index contributed by atoms with van der Waals surface area (Å²) in [5, 5.41) is 11.2. The quantitative estimate of drug-likeness (QED) is 0.631. The fourth-order valence-electron chi connectivity index (χ4n) is 2.98. The summed E-state index contributed by atoms with van der Waals surface area (Å²) < 4.78 is 5.16. The number of rotatable bonds is 4. The molecule has 1 saturated heterocycles. The van der Waals surface area contributed by atoms with Crippen molar-refractivity contribution in [1.29, 1.82) is 0 Å². The lowest BCUT2D eigenvalue weighted by atomic mass is 10.1. The Balaban J connectivity index is 1.70. The second kappa shape index (κ2) is 7.21. The maximum Gasteiger partial charge on any atom is 0.292 e. The number of anilines is 1. The van der Waals surface area contributed by atoms with Gasteiger partial charge in [0.15, 0.2) is 0 Å². The third-order valence-electron chi connectivity index (χ3n) is 4.30. The molecule has 2 aromatic rings. The molecule has 0 saturated carbocycles. The number of methoxy groups -OCH3 is 1. The maximum absolute atomic E-state index is 12.6. The monoisotopic (exact) mass is 341 g/mol. The number of carbonyl (C=O) groups excluding carboxylic acids is 1. The minimum atomic E-state index is -0.372. The van der Waals surface area contributed by atoms with Crippen molar-refractivity contribution in [2.75, 3.05) is 38.2 Å². The number of carbonyl (C=O) groups is 1. The number of amides is 1.